The van der Waals surface area contributed by atoms with Crippen LogP contribution in [0, 0.1) is 0 Å². The van der Waals surface area contributed by atoms with E-state index in [1.807, 2.05) is 20.8 Å². The van der Waals surface area contributed by atoms with E-state index in [9.17, 15) is 18.0 Å². The maximum atomic E-state index is 14.1. The zero-order chi connectivity index (χ0) is 30.2. The molecule has 3 rings (SSSR count). The summed E-state index contributed by atoms with van der Waals surface area (Å²) in [5, 5.41) is 3.62. The average Bonchev–Trinajstić information content (AvgIpc) is 2.93. The van der Waals surface area contributed by atoms with Crippen LogP contribution in [-0.4, -0.2) is 50.4 Å². The number of para-hydroxylation sites is 1. The fourth-order valence-corrected chi connectivity index (χ4v) is 6.14. The van der Waals surface area contributed by atoms with Crippen molar-refractivity contribution in [3.8, 4) is 5.75 Å². The lowest BCUT2D eigenvalue weighted by atomic mass is 10.1. The Morgan fingerprint density at radius 1 is 0.951 bits per heavy atom. The molecule has 220 valence electrons. The van der Waals surface area contributed by atoms with Gasteiger partial charge in [-0.2, -0.15) is 0 Å². The molecule has 1 N–H and O–H groups in total. The van der Waals surface area contributed by atoms with Gasteiger partial charge in [-0.25, -0.2) is 8.42 Å². The number of halogens is 2. The first kappa shape index (κ1) is 32.2. The summed E-state index contributed by atoms with van der Waals surface area (Å²) < 4.78 is 34.4. The Kier molecular flexibility index (Phi) is 11.5. The van der Waals surface area contributed by atoms with E-state index >= 15 is 0 Å². The number of amides is 2. The second-order valence-corrected chi connectivity index (χ2v) is 12.3. The summed E-state index contributed by atoms with van der Waals surface area (Å²) in [5.74, 6) is -0.386. The highest BCUT2D eigenvalue weighted by Crippen LogP contribution is 2.27. The highest BCUT2D eigenvalue weighted by atomic mass is 35.5. The molecule has 0 saturated carbocycles. The SMILES string of the molecule is CCOc1ccc(S(=O)(=O)N(CC(=O)N(Cc2ccc(Cl)cc2Cl)C(CC)C(=O)NC(C)C)c2ccccc2)cc1. The van der Waals surface area contributed by atoms with Crippen molar-refractivity contribution in [2.24, 2.45) is 0 Å². The highest BCUT2D eigenvalue weighted by molar-refractivity contribution is 7.92. The van der Waals surface area contributed by atoms with Crippen molar-refractivity contribution >= 4 is 50.7 Å². The molecule has 0 aliphatic rings. The van der Waals surface area contributed by atoms with E-state index in [2.05, 4.69) is 5.32 Å². The van der Waals surface area contributed by atoms with Crippen LogP contribution in [0.2, 0.25) is 10.0 Å². The number of rotatable bonds is 13. The number of carbonyl (C=O) groups is 2. The molecule has 1 unspecified atom stereocenters. The Hall–Kier alpha value is -3.27. The minimum absolute atomic E-state index is 0.00510. The van der Waals surface area contributed by atoms with Gasteiger partial charge >= 0.3 is 0 Å². The van der Waals surface area contributed by atoms with Gasteiger partial charge in [0, 0.05) is 22.6 Å². The van der Waals surface area contributed by atoms with Crippen LogP contribution >= 0.6 is 23.2 Å². The molecule has 3 aromatic rings. The molecule has 0 bridgehead atoms. The molecule has 8 nitrogen and oxygen atoms in total. The van der Waals surface area contributed by atoms with E-state index in [1.165, 1.54) is 17.0 Å². The normalized spacial score (nSPS) is 12.1. The van der Waals surface area contributed by atoms with E-state index in [4.69, 9.17) is 27.9 Å². The number of hydrogen-bond acceptors (Lipinski definition) is 5. The van der Waals surface area contributed by atoms with Gasteiger partial charge in [0.05, 0.1) is 17.2 Å². The number of ether oxygens (including phenoxy) is 1. The summed E-state index contributed by atoms with van der Waals surface area (Å²) in [6.45, 7) is 7.15. The first-order chi connectivity index (χ1) is 19.5. The van der Waals surface area contributed by atoms with Crippen LogP contribution in [0.25, 0.3) is 0 Å². The van der Waals surface area contributed by atoms with Crippen molar-refractivity contribution in [2.45, 2.75) is 57.6 Å². The van der Waals surface area contributed by atoms with Crippen LogP contribution in [0.4, 0.5) is 5.69 Å². The summed E-state index contributed by atoms with van der Waals surface area (Å²) in [5.41, 5.74) is 0.875. The third kappa shape index (κ3) is 8.38. The topological polar surface area (TPSA) is 96.0 Å². The molecule has 0 aromatic heterocycles. The van der Waals surface area contributed by atoms with Crippen molar-refractivity contribution in [3.63, 3.8) is 0 Å². The van der Waals surface area contributed by atoms with Crippen molar-refractivity contribution in [1.82, 2.24) is 10.2 Å². The van der Waals surface area contributed by atoms with Gasteiger partial charge in [0.15, 0.2) is 0 Å². The molecule has 0 saturated heterocycles. The van der Waals surface area contributed by atoms with Crippen molar-refractivity contribution in [3.05, 3.63) is 88.4 Å². The maximum Gasteiger partial charge on any atom is 0.264 e. The maximum absolute atomic E-state index is 14.1. The molecule has 0 heterocycles. The predicted molar refractivity (Wildman–Crippen MR) is 163 cm³/mol. The van der Waals surface area contributed by atoms with E-state index in [1.54, 1.807) is 67.6 Å². The lowest BCUT2D eigenvalue weighted by Crippen LogP contribution is -2.53. The Morgan fingerprint density at radius 2 is 1.61 bits per heavy atom. The van der Waals surface area contributed by atoms with Gasteiger partial charge in [0.25, 0.3) is 10.0 Å². The molecule has 0 aliphatic carbocycles. The van der Waals surface area contributed by atoms with Gasteiger partial charge < -0.3 is 15.0 Å². The molecule has 11 heteroatoms. The van der Waals surface area contributed by atoms with Crippen molar-refractivity contribution < 1.29 is 22.7 Å². The smallest absolute Gasteiger partial charge is 0.264 e. The first-order valence-corrected chi connectivity index (χ1v) is 15.5. The minimum Gasteiger partial charge on any atom is -0.494 e. The van der Waals surface area contributed by atoms with Crippen LogP contribution in [-0.2, 0) is 26.2 Å². The number of sulfonamides is 1. The van der Waals surface area contributed by atoms with Gasteiger partial charge in [-0.1, -0.05) is 54.4 Å². The standard InChI is InChI=1S/C30H35Cl2N3O5S/c1-5-28(30(37)33-21(3)4)34(19-22-12-13-23(31)18-27(22)32)29(36)20-35(24-10-8-7-9-11-24)41(38,39)26-16-14-25(15-17-26)40-6-2/h7-18,21,28H,5-6,19-20H2,1-4H3,(H,33,37). The second-order valence-electron chi connectivity index (χ2n) is 9.60. The van der Waals surface area contributed by atoms with Gasteiger partial charge in [-0.15, -0.1) is 0 Å². The fourth-order valence-electron chi connectivity index (χ4n) is 4.26. The second kappa shape index (κ2) is 14.6. The van der Waals surface area contributed by atoms with Crippen LogP contribution in [0.1, 0.15) is 39.7 Å². The molecular weight excluding hydrogens is 585 g/mol. The number of nitrogens with one attached hydrogen (secondary N) is 1. The molecule has 0 fully saturated rings. The fraction of sp³-hybridized carbons (Fsp3) is 0.333. The minimum atomic E-state index is -4.19. The molecular formula is C30H35Cl2N3O5S. The van der Waals surface area contributed by atoms with Gasteiger partial charge in [0.1, 0.15) is 18.3 Å². The zero-order valence-corrected chi connectivity index (χ0v) is 25.8. The third-order valence-corrected chi connectivity index (χ3v) is 8.59. The molecule has 0 radical (unpaired) electrons. The monoisotopic (exact) mass is 619 g/mol. The van der Waals surface area contributed by atoms with Crippen LogP contribution < -0.4 is 14.4 Å². The molecule has 0 spiro atoms. The van der Waals surface area contributed by atoms with Crippen LogP contribution in [0.5, 0.6) is 5.75 Å². The number of hydrogen-bond donors (Lipinski definition) is 1. The number of benzene rings is 3. The predicted octanol–water partition coefficient (Wildman–Crippen LogP) is 5.92. The van der Waals surface area contributed by atoms with E-state index < -0.39 is 28.5 Å². The molecule has 1 atom stereocenters. The van der Waals surface area contributed by atoms with Gasteiger partial charge in [-0.3, -0.25) is 13.9 Å². The summed E-state index contributed by atoms with van der Waals surface area (Å²) >= 11 is 12.5. The van der Waals surface area contributed by atoms with Crippen molar-refractivity contribution in [2.75, 3.05) is 17.5 Å². The number of anilines is 1. The Morgan fingerprint density at radius 3 is 2.17 bits per heavy atom. The molecule has 0 aliphatic heterocycles. The van der Waals surface area contributed by atoms with E-state index in [0.29, 0.717) is 40.1 Å². The summed E-state index contributed by atoms with van der Waals surface area (Å²) in [6.07, 6.45) is 0.298. The summed E-state index contributed by atoms with van der Waals surface area (Å²) in [4.78, 5) is 28.7. The van der Waals surface area contributed by atoms with Gasteiger partial charge in [0.2, 0.25) is 11.8 Å². The lowest BCUT2D eigenvalue weighted by Gasteiger charge is -2.33. The number of carbonyl (C=O) groups excluding carboxylic acids is 2. The molecule has 3 aromatic carbocycles. The molecule has 2 amide bonds. The van der Waals surface area contributed by atoms with Crippen LogP contribution in [0.3, 0.4) is 0 Å². The first-order valence-electron chi connectivity index (χ1n) is 13.3. The van der Waals surface area contributed by atoms with E-state index in [-0.39, 0.29) is 23.4 Å². The summed E-state index contributed by atoms with van der Waals surface area (Å²) in [6, 6.07) is 18.2. The van der Waals surface area contributed by atoms with E-state index in [0.717, 1.165) is 4.31 Å². The van der Waals surface area contributed by atoms with Crippen LogP contribution in [0.15, 0.2) is 77.7 Å². The number of nitrogens with zero attached hydrogens (tertiary/aromatic N) is 2. The third-order valence-electron chi connectivity index (χ3n) is 6.22. The quantitative estimate of drug-likeness (QED) is 0.256. The highest BCUT2D eigenvalue weighted by Gasteiger charge is 2.34. The van der Waals surface area contributed by atoms with Gasteiger partial charge in [-0.05, 0) is 81.3 Å². The lowest BCUT2D eigenvalue weighted by molar-refractivity contribution is -0.140. The summed E-state index contributed by atoms with van der Waals surface area (Å²) in [7, 11) is -4.19. The Labute approximate surface area is 252 Å². The Balaban J connectivity index is 2.05. The Bertz CT molecular complexity index is 1430. The average molecular weight is 621 g/mol. The van der Waals surface area contributed by atoms with Crippen molar-refractivity contribution in [1.29, 1.82) is 0 Å². The molecule has 41 heavy (non-hydrogen) atoms. The zero-order valence-electron chi connectivity index (χ0n) is 23.5. The largest absolute Gasteiger partial charge is 0.494 e.